The average Bonchev–Trinajstić information content (AvgIpc) is 2.20. The largest absolute Gasteiger partial charge is 0.316 e. The molecule has 4 heteroatoms. The first kappa shape index (κ1) is 12.5. The van der Waals surface area contributed by atoms with Crippen LogP contribution in [-0.4, -0.2) is 26.2 Å². The summed E-state index contributed by atoms with van der Waals surface area (Å²) >= 11 is 0. The number of fused-ring (bicyclic) bond motifs is 1. The third-order valence-corrected chi connectivity index (χ3v) is 3.52. The maximum atomic E-state index is 3.47. The molecule has 12 heavy (non-hydrogen) atoms. The second-order valence-electron chi connectivity index (χ2n) is 4.33. The van der Waals surface area contributed by atoms with Crippen LogP contribution in [0.3, 0.4) is 0 Å². The maximum absolute atomic E-state index is 3.47. The fourth-order valence-electron chi connectivity index (χ4n) is 2.21. The lowest BCUT2D eigenvalue weighted by molar-refractivity contribution is 0.212. The molecule has 0 radical (unpaired) electrons. The molecule has 0 aromatic rings. The molecule has 0 unspecified atom stereocenters. The second kappa shape index (κ2) is 3.70. The smallest absolute Gasteiger partial charge is 0.00238 e. The van der Waals surface area contributed by atoms with E-state index in [1.807, 2.05) is 0 Å². The van der Waals surface area contributed by atoms with Crippen LogP contribution in [-0.2, 0) is 0 Å². The standard InChI is InChI=1S/C8H16N2.2ClH/c1-7-3-9-5-8(7,2)6-10-4-7;;/h9-10H,3-6H2,1-2H3;2*1H. The van der Waals surface area contributed by atoms with Gasteiger partial charge >= 0.3 is 0 Å². The first-order valence-corrected chi connectivity index (χ1v) is 4.08. The second-order valence-corrected chi connectivity index (χ2v) is 4.33. The van der Waals surface area contributed by atoms with E-state index in [1.54, 1.807) is 0 Å². The van der Waals surface area contributed by atoms with E-state index in [-0.39, 0.29) is 24.8 Å². The van der Waals surface area contributed by atoms with Crippen molar-refractivity contribution in [2.24, 2.45) is 10.8 Å². The van der Waals surface area contributed by atoms with E-state index in [1.165, 1.54) is 26.2 Å². The van der Waals surface area contributed by atoms with Crippen molar-refractivity contribution >= 4 is 24.8 Å². The first-order valence-electron chi connectivity index (χ1n) is 4.08. The zero-order valence-electron chi connectivity index (χ0n) is 7.64. The lowest BCUT2D eigenvalue weighted by Gasteiger charge is -2.31. The van der Waals surface area contributed by atoms with E-state index in [9.17, 15) is 0 Å². The Morgan fingerprint density at radius 2 is 1.00 bits per heavy atom. The van der Waals surface area contributed by atoms with Crippen molar-refractivity contribution in [1.29, 1.82) is 0 Å². The van der Waals surface area contributed by atoms with Crippen molar-refractivity contribution in [2.45, 2.75) is 13.8 Å². The lowest BCUT2D eigenvalue weighted by Crippen LogP contribution is -2.34. The van der Waals surface area contributed by atoms with Gasteiger partial charge in [0.2, 0.25) is 0 Å². The van der Waals surface area contributed by atoms with Gasteiger partial charge in [-0.25, -0.2) is 0 Å². The molecule has 2 nitrogen and oxygen atoms in total. The summed E-state index contributed by atoms with van der Waals surface area (Å²) in [5.74, 6) is 0. The van der Waals surface area contributed by atoms with Crippen LogP contribution < -0.4 is 10.6 Å². The van der Waals surface area contributed by atoms with Crippen molar-refractivity contribution in [3.8, 4) is 0 Å². The Kier molecular flexibility index (Phi) is 3.86. The molecule has 2 rings (SSSR count). The van der Waals surface area contributed by atoms with Crippen LogP contribution >= 0.6 is 24.8 Å². The highest BCUT2D eigenvalue weighted by molar-refractivity contribution is 5.85. The fourth-order valence-corrected chi connectivity index (χ4v) is 2.21. The molecule has 0 aromatic heterocycles. The predicted molar refractivity (Wildman–Crippen MR) is 56.4 cm³/mol. The summed E-state index contributed by atoms with van der Waals surface area (Å²) < 4.78 is 0. The van der Waals surface area contributed by atoms with Gasteiger partial charge in [-0.15, -0.1) is 24.8 Å². The van der Waals surface area contributed by atoms with E-state index >= 15 is 0 Å². The summed E-state index contributed by atoms with van der Waals surface area (Å²) in [6, 6.07) is 0. The Morgan fingerprint density at radius 3 is 1.25 bits per heavy atom. The average molecular weight is 213 g/mol. The summed E-state index contributed by atoms with van der Waals surface area (Å²) in [7, 11) is 0. The molecule has 0 amide bonds. The highest BCUT2D eigenvalue weighted by Gasteiger charge is 2.51. The van der Waals surface area contributed by atoms with E-state index in [4.69, 9.17) is 0 Å². The zero-order chi connectivity index (χ0) is 7.24. The third-order valence-electron chi connectivity index (χ3n) is 3.52. The van der Waals surface area contributed by atoms with Gasteiger partial charge in [0, 0.05) is 37.0 Å². The quantitative estimate of drug-likeness (QED) is 0.628. The number of nitrogens with one attached hydrogen (secondary N) is 2. The fraction of sp³-hybridized carbons (Fsp3) is 1.00. The molecule has 0 aliphatic carbocycles. The maximum Gasteiger partial charge on any atom is 0.00238 e. The van der Waals surface area contributed by atoms with Gasteiger partial charge in [-0.3, -0.25) is 0 Å². The normalized spacial score (nSPS) is 44.5. The van der Waals surface area contributed by atoms with Crippen LogP contribution in [0.15, 0.2) is 0 Å². The molecule has 2 aliphatic heterocycles. The Morgan fingerprint density at radius 1 is 0.750 bits per heavy atom. The Bertz CT molecular complexity index is 135. The lowest BCUT2D eigenvalue weighted by atomic mass is 9.71. The first-order chi connectivity index (χ1) is 4.66. The van der Waals surface area contributed by atoms with Crippen molar-refractivity contribution < 1.29 is 0 Å². The Labute approximate surface area is 86.7 Å². The van der Waals surface area contributed by atoms with Crippen LogP contribution in [0.5, 0.6) is 0 Å². The summed E-state index contributed by atoms with van der Waals surface area (Å²) in [6.45, 7) is 9.53. The third kappa shape index (κ3) is 1.46. The van der Waals surface area contributed by atoms with Crippen LogP contribution in [0.4, 0.5) is 0 Å². The molecule has 74 valence electrons. The molecule has 2 N–H and O–H groups in total. The molecule has 2 fully saturated rings. The monoisotopic (exact) mass is 212 g/mol. The van der Waals surface area contributed by atoms with Gasteiger partial charge in [0.15, 0.2) is 0 Å². The van der Waals surface area contributed by atoms with Crippen molar-refractivity contribution in [3.63, 3.8) is 0 Å². The summed E-state index contributed by atoms with van der Waals surface area (Å²) in [5, 5.41) is 6.93. The molecule has 0 spiro atoms. The van der Waals surface area contributed by atoms with Gasteiger partial charge in [-0.2, -0.15) is 0 Å². The topological polar surface area (TPSA) is 24.1 Å². The molecule has 2 heterocycles. The number of hydrogen-bond donors (Lipinski definition) is 2. The SMILES string of the molecule is CC12CNCC1(C)CNC2.Cl.Cl. The van der Waals surface area contributed by atoms with Crippen LogP contribution in [0, 0.1) is 10.8 Å². The summed E-state index contributed by atoms with van der Waals surface area (Å²) in [5.41, 5.74) is 1.04. The highest BCUT2D eigenvalue weighted by atomic mass is 35.5. The van der Waals surface area contributed by atoms with Gasteiger partial charge in [-0.1, -0.05) is 13.8 Å². The van der Waals surface area contributed by atoms with E-state index in [2.05, 4.69) is 24.5 Å². The number of rotatable bonds is 0. The summed E-state index contributed by atoms with van der Waals surface area (Å²) in [6.07, 6.45) is 0. The van der Waals surface area contributed by atoms with Crippen LogP contribution in [0.2, 0.25) is 0 Å². The Hall–Kier alpha value is 0.500. The van der Waals surface area contributed by atoms with Crippen LogP contribution in [0.25, 0.3) is 0 Å². The predicted octanol–water partition coefficient (Wildman–Crippen LogP) is 1.05. The molecule has 2 saturated heterocycles. The molecular weight excluding hydrogens is 195 g/mol. The minimum absolute atomic E-state index is 0. The zero-order valence-corrected chi connectivity index (χ0v) is 9.28. The van der Waals surface area contributed by atoms with Gasteiger partial charge < -0.3 is 10.6 Å². The van der Waals surface area contributed by atoms with E-state index in [0.29, 0.717) is 10.8 Å². The number of hydrogen-bond acceptors (Lipinski definition) is 2. The van der Waals surface area contributed by atoms with Gasteiger partial charge in [-0.05, 0) is 0 Å². The molecule has 0 atom stereocenters. The molecule has 0 bridgehead atoms. The van der Waals surface area contributed by atoms with Crippen molar-refractivity contribution in [2.75, 3.05) is 26.2 Å². The van der Waals surface area contributed by atoms with Crippen molar-refractivity contribution in [3.05, 3.63) is 0 Å². The molecular formula is C8H18Cl2N2. The highest BCUT2D eigenvalue weighted by Crippen LogP contribution is 2.44. The van der Waals surface area contributed by atoms with Crippen molar-refractivity contribution in [1.82, 2.24) is 10.6 Å². The van der Waals surface area contributed by atoms with Gasteiger partial charge in [0.1, 0.15) is 0 Å². The minimum Gasteiger partial charge on any atom is -0.316 e. The Balaban J connectivity index is 0.000000605. The van der Waals surface area contributed by atoms with E-state index < -0.39 is 0 Å². The molecule has 2 aliphatic rings. The molecule has 0 aromatic carbocycles. The molecule has 0 saturated carbocycles. The minimum atomic E-state index is 0. The van der Waals surface area contributed by atoms with Crippen LogP contribution in [0.1, 0.15) is 13.8 Å². The van der Waals surface area contributed by atoms with Gasteiger partial charge in [0.25, 0.3) is 0 Å². The summed E-state index contributed by atoms with van der Waals surface area (Å²) in [4.78, 5) is 0. The van der Waals surface area contributed by atoms with Gasteiger partial charge in [0.05, 0.1) is 0 Å². The van der Waals surface area contributed by atoms with E-state index in [0.717, 1.165) is 0 Å². The number of halogens is 2.